The summed E-state index contributed by atoms with van der Waals surface area (Å²) in [5.74, 6) is 1.38. The average Bonchev–Trinajstić information content (AvgIpc) is 2.87. The van der Waals surface area contributed by atoms with Crippen molar-refractivity contribution < 1.29 is 19.0 Å². The van der Waals surface area contributed by atoms with Crippen LogP contribution in [0.2, 0.25) is 0 Å². The highest BCUT2D eigenvalue weighted by Crippen LogP contribution is 2.40. The molecule has 4 rings (SSSR count). The lowest BCUT2D eigenvalue weighted by atomic mass is 9.91. The zero-order valence-electron chi connectivity index (χ0n) is 20.3. The summed E-state index contributed by atoms with van der Waals surface area (Å²) in [4.78, 5) is 19.6. The lowest BCUT2D eigenvalue weighted by Gasteiger charge is -2.28. The number of aryl methyl sites for hydroxylation is 1. The molecule has 0 saturated heterocycles. The van der Waals surface area contributed by atoms with Gasteiger partial charge in [-0.1, -0.05) is 36.0 Å². The van der Waals surface area contributed by atoms with E-state index in [2.05, 4.69) is 18.0 Å². The van der Waals surface area contributed by atoms with E-state index >= 15 is 0 Å². The smallest absolute Gasteiger partial charge is 0.321 e. The van der Waals surface area contributed by atoms with Crippen LogP contribution in [0.5, 0.6) is 17.2 Å². The zero-order valence-corrected chi connectivity index (χ0v) is 21.1. The van der Waals surface area contributed by atoms with Gasteiger partial charge in [-0.05, 0) is 48.9 Å². The van der Waals surface area contributed by atoms with Gasteiger partial charge >= 0.3 is 5.97 Å². The molecule has 1 aliphatic rings. The molecule has 0 spiro atoms. The number of nitriles is 1. The minimum Gasteiger partial charge on any atom is -0.493 e. The molecule has 1 aromatic heterocycles. The van der Waals surface area contributed by atoms with Crippen LogP contribution in [0, 0.1) is 18.3 Å². The number of carbonyl (C=O) groups excluding carboxylic acids is 1. The van der Waals surface area contributed by atoms with Gasteiger partial charge in [0.05, 0.1) is 25.5 Å². The number of thioether (sulfide) groups is 1. The van der Waals surface area contributed by atoms with Crippen molar-refractivity contribution in [1.82, 2.24) is 9.88 Å². The number of para-hydroxylation sites is 1. The van der Waals surface area contributed by atoms with Gasteiger partial charge in [-0.3, -0.25) is 4.79 Å². The summed E-state index contributed by atoms with van der Waals surface area (Å²) in [7, 11) is 5.23. The fourth-order valence-electron chi connectivity index (χ4n) is 4.14. The van der Waals surface area contributed by atoms with Crippen molar-refractivity contribution in [2.45, 2.75) is 24.9 Å². The van der Waals surface area contributed by atoms with E-state index in [1.165, 1.54) is 11.8 Å². The van der Waals surface area contributed by atoms with Gasteiger partial charge in [-0.2, -0.15) is 5.26 Å². The Balaban J connectivity index is 1.72. The summed E-state index contributed by atoms with van der Waals surface area (Å²) in [5.41, 5.74) is 4.96. The first-order valence-corrected chi connectivity index (χ1v) is 12.2. The second-order valence-electron chi connectivity index (χ2n) is 8.29. The Hall–Kier alpha value is -3.54. The quantitative estimate of drug-likeness (QED) is 0.270. The fraction of sp³-hybridized carbons (Fsp3) is 0.296. The molecule has 2 heterocycles. The Morgan fingerprint density at radius 2 is 1.91 bits per heavy atom. The Kier molecular flexibility index (Phi) is 7.59. The summed E-state index contributed by atoms with van der Waals surface area (Å²) < 4.78 is 16.4. The summed E-state index contributed by atoms with van der Waals surface area (Å²) in [5, 5.41) is 10.7. The van der Waals surface area contributed by atoms with E-state index < -0.39 is 0 Å². The van der Waals surface area contributed by atoms with Crippen molar-refractivity contribution in [1.29, 1.82) is 5.26 Å². The molecule has 0 unspecified atom stereocenters. The van der Waals surface area contributed by atoms with E-state index in [-0.39, 0.29) is 11.7 Å². The Labute approximate surface area is 209 Å². The van der Waals surface area contributed by atoms with Gasteiger partial charge in [0.25, 0.3) is 0 Å². The number of likely N-dealkylation sites (N-methyl/N-ethyl adjacent to an activating group) is 1. The van der Waals surface area contributed by atoms with Crippen LogP contribution < -0.4 is 14.2 Å². The maximum absolute atomic E-state index is 12.6. The van der Waals surface area contributed by atoms with Crippen LogP contribution in [0.3, 0.4) is 0 Å². The van der Waals surface area contributed by atoms with Crippen molar-refractivity contribution in [3.8, 4) is 34.4 Å². The number of esters is 1. The van der Waals surface area contributed by atoms with E-state index in [0.717, 1.165) is 40.9 Å². The maximum atomic E-state index is 12.6. The van der Waals surface area contributed by atoms with Crippen LogP contribution in [0.15, 0.2) is 47.5 Å². The standard InChI is InChI=1S/C27H27N3O4S/c1-17-7-5-6-8-22(17)34-25(31)16-35-27-19(14-28)26(20-15-30(2)12-11-21(20)29-27)18-9-10-23(32-3)24(13-18)33-4/h5-10,13H,11-12,15-16H2,1-4H3. The molecule has 1 aliphatic heterocycles. The molecule has 7 nitrogen and oxygen atoms in total. The van der Waals surface area contributed by atoms with Gasteiger partial charge in [-0.15, -0.1) is 0 Å². The van der Waals surface area contributed by atoms with Crippen molar-refractivity contribution in [3.63, 3.8) is 0 Å². The number of ether oxygens (including phenoxy) is 3. The van der Waals surface area contributed by atoms with Crippen LogP contribution in [-0.4, -0.2) is 49.4 Å². The van der Waals surface area contributed by atoms with Crippen molar-refractivity contribution >= 4 is 17.7 Å². The van der Waals surface area contributed by atoms with Gasteiger partial charge < -0.3 is 19.1 Å². The van der Waals surface area contributed by atoms with E-state index in [1.807, 2.05) is 43.3 Å². The molecule has 0 bridgehead atoms. The van der Waals surface area contributed by atoms with E-state index in [4.69, 9.17) is 19.2 Å². The summed E-state index contributed by atoms with van der Waals surface area (Å²) >= 11 is 1.23. The molecule has 2 aromatic carbocycles. The topological polar surface area (TPSA) is 84.7 Å². The van der Waals surface area contributed by atoms with Gasteiger partial charge in [0.1, 0.15) is 16.8 Å². The lowest BCUT2D eigenvalue weighted by Crippen LogP contribution is -2.28. The minimum absolute atomic E-state index is 0.0417. The predicted molar refractivity (Wildman–Crippen MR) is 135 cm³/mol. The molecule has 0 atom stereocenters. The highest BCUT2D eigenvalue weighted by atomic mass is 32.2. The predicted octanol–water partition coefficient (Wildman–Crippen LogP) is 4.63. The summed E-state index contributed by atoms with van der Waals surface area (Å²) in [6.45, 7) is 3.44. The number of methoxy groups -OCH3 is 2. The second-order valence-corrected chi connectivity index (χ2v) is 9.25. The molecule has 0 N–H and O–H groups in total. The molecule has 8 heteroatoms. The first kappa shape index (κ1) is 24.6. The number of hydrogen-bond donors (Lipinski definition) is 0. The van der Waals surface area contributed by atoms with Gasteiger partial charge in [-0.25, -0.2) is 4.98 Å². The number of hydrogen-bond acceptors (Lipinski definition) is 8. The van der Waals surface area contributed by atoms with Crippen LogP contribution in [0.25, 0.3) is 11.1 Å². The third kappa shape index (κ3) is 5.26. The van der Waals surface area contributed by atoms with Gasteiger partial charge in [0.2, 0.25) is 0 Å². The van der Waals surface area contributed by atoms with Gasteiger partial charge in [0.15, 0.2) is 11.5 Å². The number of carbonyl (C=O) groups is 1. The molecule has 3 aromatic rings. The summed E-state index contributed by atoms with van der Waals surface area (Å²) in [6.07, 6.45) is 0.763. The van der Waals surface area contributed by atoms with Crippen molar-refractivity contribution in [3.05, 3.63) is 64.8 Å². The molecule has 0 aliphatic carbocycles. The average molecular weight is 490 g/mol. The van der Waals surface area contributed by atoms with Crippen LogP contribution >= 0.6 is 11.8 Å². The molecule has 0 fully saturated rings. The van der Waals surface area contributed by atoms with E-state index in [9.17, 15) is 10.1 Å². The maximum Gasteiger partial charge on any atom is 0.321 e. The van der Waals surface area contributed by atoms with Crippen LogP contribution in [0.1, 0.15) is 22.4 Å². The van der Waals surface area contributed by atoms with Crippen LogP contribution in [-0.2, 0) is 17.8 Å². The first-order chi connectivity index (χ1) is 16.9. The molecule has 35 heavy (non-hydrogen) atoms. The number of benzene rings is 2. The number of nitrogens with zero attached hydrogens (tertiary/aromatic N) is 3. The molecule has 0 radical (unpaired) electrons. The van der Waals surface area contributed by atoms with E-state index in [0.29, 0.717) is 34.4 Å². The Morgan fingerprint density at radius 3 is 2.63 bits per heavy atom. The van der Waals surface area contributed by atoms with Gasteiger partial charge in [0, 0.05) is 30.8 Å². The molecule has 0 amide bonds. The largest absolute Gasteiger partial charge is 0.493 e. The van der Waals surface area contributed by atoms with Crippen LogP contribution in [0.4, 0.5) is 0 Å². The first-order valence-electron chi connectivity index (χ1n) is 11.2. The molecular formula is C27H27N3O4S. The molecular weight excluding hydrogens is 462 g/mol. The van der Waals surface area contributed by atoms with Crippen molar-refractivity contribution in [2.24, 2.45) is 0 Å². The third-order valence-corrected chi connectivity index (χ3v) is 6.89. The Morgan fingerprint density at radius 1 is 1.14 bits per heavy atom. The molecule has 180 valence electrons. The third-order valence-electron chi connectivity index (χ3n) is 5.94. The zero-order chi connectivity index (χ0) is 24.9. The highest BCUT2D eigenvalue weighted by molar-refractivity contribution is 7.99. The second kappa shape index (κ2) is 10.8. The number of pyridine rings is 1. The summed E-state index contributed by atoms with van der Waals surface area (Å²) in [6, 6.07) is 15.4. The number of fused-ring (bicyclic) bond motifs is 1. The lowest BCUT2D eigenvalue weighted by molar-refractivity contribution is -0.131. The number of aromatic nitrogens is 1. The monoisotopic (exact) mass is 489 g/mol. The number of rotatable bonds is 7. The normalized spacial score (nSPS) is 13.0. The fourth-order valence-corrected chi connectivity index (χ4v) is 4.92. The Bertz CT molecular complexity index is 1300. The SMILES string of the molecule is COc1ccc(-c2c(C#N)c(SCC(=O)Oc3ccccc3C)nc3c2CN(C)CC3)cc1OC. The highest BCUT2D eigenvalue weighted by Gasteiger charge is 2.26. The minimum atomic E-state index is -0.389. The van der Waals surface area contributed by atoms with Crippen molar-refractivity contribution in [2.75, 3.05) is 33.6 Å². The molecule has 0 saturated carbocycles. The van der Waals surface area contributed by atoms with E-state index in [1.54, 1.807) is 20.3 Å².